The van der Waals surface area contributed by atoms with Gasteiger partial charge >= 0.3 is 6.09 Å². The van der Waals surface area contributed by atoms with Crippen molar-refractivity contribution in [3.8, 4) is 0 Å². The van der Waals surface area contributed by atoms with Crippen molar-refractivity contribution in [2.45, 2.75) is 64.0 Å². The molecule has 1 saturated heterocycles. The molecule has 2 fully saturated rings. The SMILES string of the molecule is COC(=O)N[C@H]1CCC[C@@H]1C(c1cccc(F)c1)(C1CCN(CCc2ccc3c(cc(N)n3C)c2C)CC1)n1ccnc1C. The number of halogens is 1. The number of anilines is 1. The summed E-state index contributed by atoms with van der Waals surface area (Å²) in [4.78, 5) is 19.7. The number of methoxy groups -OCH3 is 1. The number of hydrogen-bond acceptors (Lipinski definition) is 5. The van der Waals surface area contributed by atoms with Gasteiger partial charge in [0.15, 0.2) is 0 Å². The fraction of sp³-hybridized carbons (Fsp3) is 0.486. The molecule has 6 rings (SSSR count). The van der Waals surface area contributed by atoms with Crippen LogP contribution in [0.25, 0.3) is 10.9 Å². The van der Waals surface area contributed by atoms with E-state index in [0.717, 1.165) is 75.4 Å². The van der Waals surface area contributed by atoms with Crippen LogP contribution in [0.15, 0.2) is 54.9 Å². The van der Waals surface area contributed by atoms with Gasteiger partial charge in [0.1, 0.15) is 17.5 Å². The number of aromatic nitrogens is 3. The normalized spacial score (nSPS) is 21.0. The molecular formula is C35H45FN6O2. The van der Waals surface area contributed by atoms with Gasteiger partial charge < -0.3 is 29.8 Å². The van der Waals surface area contributed by atoms with Crippen molar-refractivity contribution in [2.75, 3.05) is 32.5 Å². The second kappa shape index (κ2) is 12.3. The number of hydrogen-bond donors (Lipinski definition) is 2. The number of amides is 1. The lowest BCUT2D eigenvalue weighted by molar-refractivity contribution is 0.0518. The minimum Gasteiger partial charge on any atom is -0.453 e. The summed E-state index contributed by atoms with van der Waals surface area (Å²) in [5.41, 5.74) is 10.4. The maximum absolute atomic E-state index is 15.0. The molecule has 3 atom stereocenters. The number of benzene rings is 2. The van der Waals surface area contributed by atoms with Crippen LogP contribution in [0, 0.1) is 31.5 Å². The molecule has 9 heteroatoms. The number of carbonyl (C=O) groups is 1. The van der Waals surface area contributed by atoms with Gasteiger partial charge in [-0.05, 0) is 106 Å². The molecule has 3 N–H and O–H groups in total. The number of ether oxygens (including phenoxy) is 1. The maximum atomic E-state index is 15.0. The third-order valence-corrected chi connectivity index (χ3v) is 10.6. The third-order valence-electron chi connectivity index (χ3n) is 10.6. The molecule has 0 spiro atoms. The van der Waals surface area contributed by atoms with Crippen molar-refractivity contribution < 1.29 is 13.9 Å². The highest BCUT2D eigenvalue weighted by Crippen LogP contribution is 2.52. The molecule has 1 unspecified atom stereocenters. The maximum Gasteiger partial charge on any atom is 0.407 e. The van der Waals surface area contributed by atoms with Crippen molar-refractivity contribution >= 4 is 22.8 Å². The number of aryl methyl sites for hydroxylation is 3. The van der Waals surface area contributed by atoms with Crippen LogP contribution in [0.3, 0.4) is 0 Å². The molecule has 2 aliphatic rings. The van der Waals surface area contributed by atoms with Gasteiger partial charge in [0, 0.05) is 48.8 Å². The van der Waals surface area contributed by atoms with Gasteiger partial charge in [-0.2, -0.15) is 0 Å². The second-order valence-corrected chi connectivity index (χ2v) is 12.7. The number of nitrogens with one attached hydrogen (secondary N) is 1. The Morgan fingerprint density at radius 3 is 2.64 bits per heavy atom. The number of nitrogens with zero attached hydrogens (tertiary/aromatic N) is 4. The van der Waals surface area contributed by atoms with E-state index in [1.165, 1.54) is 35.2 Å². The molecule has 1 aliphatic heterocycles. The summed E-state index contributed by atoms with van der Waals surface area (Å²) in [6.07, 6.45) is 9.15. The lowest BCUT2D eigenvalue weighted by atomic mass is 9.64. The number of imidazole rings is 1. The number of fused-ring (bicyclic) bond motifs is 1. The molecule has 234 valence electrons. The Morgan fingerprint density at radius 2 is 1.93 bits per heavy atom. The molecule has 2 aromatic heterocycles. The van der Waals surface area contributed by atoms with Gasteiger partial charge in [0.25, 0.3) is 0 Å². The van der Waals surface area contributed by atoms with E-state index in [0.29, 0.717) is 0 Å². The molecule has 8 nitrogen and oxygen atoms in total. The average Bonchev–Trinajstić information content (AvgIpc) is 3.74. The molecule has 2 aromatic carbocycles. The topological polar surface area (TPSA) is 90.3 Å². The minimum atomic E-state index is -0.564. The third kappa shape index (κ3) is 5.25. The zero-order chi connectivity index (χ0) is 31.0. The summed E-state index contributed by atoms with van der Waals surface area (Å²) in [5, 5.41) is 4.38. The summed E-state index contributed by atoms with van der Waals surface area (Å²) < 4.78 is 24.4. The smallest absolute Gasteiger partial charge is 0.407 e. The van der Waals surface area contributed by atoms with Gasteiger partial charge in [0.05, 0.1) is 12.6 Å². The fourth-order valence-electron chi connectivity index (χ4n) is 8.41. The van der Waals surface area contributed by atoms with Crippen LogP contribution in [0.5, 0.6) is 0 Å². The number of likely N-dealkylation sites (tertiary alicyclic amines) is 1. The zero-order valence-corrected chi connectivity index (χ0v) is 26.4. The molecule has 1 amide bonds. The summed E-state index contributed by atoms with van der Waals surface area (Å²) in [6, 6.07) is 13.5. The van der Waals surface area contributed by atoms with E-state index in [2.05, 4.69) is 57.2 Å². The number of nitrogens with two attached hydrogens (primary N) is 1. The zero-order valence-electron chi connectivity index (χ0n) is 26.4. The summed E-state index contributed by atoms with van der Waals surface area (Å²) in [6.45, 7) is 7.12. The Hall–Kier alpha value is -3.85. The molecular weight excluding hydrogens is 555 g/mol. The van der Waals surface area contributed by atoms with Crippen LogP contribution in [0.1, 0.15) is 54.6 Å². The number of rotatable bonds is 8. The van der Waals surface area contributed by atoms with Crippen molar-refractivity contribution in [3.05, 3.63) is 83.2 Å². The van der Waals surface area contributed by atoms with Gasteiger partial charge in [0.2, 0.25) is 0 Å². The van der Waals surface area contributed by atoms with Crippen LogP contribution in [0.4, 0.5) is 15.0 Å². The van der Waals surface area contributed by atoms with Crippen molar-refractivity contribution in [2.24, 2.45) is 18.9 Å². The quantitative estimate of drug-likeness (QED) is 0.262. The number of alkyl carbamates (subject to hydrolysis) is 1. The van der Waals surface area contributed by atoms with Crippen molar-refractivity contribution in [3.63, 3.8) is 0 Å². The highest BCUT2D eigenvalue weighted by atomic mass is 19.1. The largest absolute Gasteiger partial charge is 0.453 e. The molecule has 0 bridgehead atoms. The molecule has 4 aromatic rings. The van der Waals surface area contributed by atoms with Crippen LogP contribution >= 0.6 is 0 Å². The standard InChI is InChI=1S/C35H45FN6O2/c1-23-25(11-12-32-29(23)22-33(37)40(32)3)13-17-41-18-14-26(15-19-41)35(42-20-16-38-24(42)2,27-7-5-8-28(36)21-27)30-9-6-10-31(30)39-34(43)44-4/h5,7-8,11-12,16,20-22,26,30-31H,6,9-10,13-15,17-19,37H2,1-4H3,(H,39,43)/t30-,31-,35?/m0/s1. The fourth-order valence-corrected chi connectivity index (χ4v) is 8.41. The Labute approximate surface area is 259 Å². The summed E-state index contributed by atoms with van der Waals surface area (Å²) in [5.74, 6) is 1.71. The second-order valence-electron chi connectivity index (χ2n) is 12.7. The van der Waals surface area contributed by atoms with Gasteiger partial charge in [-0.25, -0.2) is 14.2 Å². The van der Waals surface area contributed by atoms with E-state index < -0.39 is 11.6 Å². The van der Waals surface area contributed by atoms with Gasteiger partial charge in [-0.3, -0.25) is 0 Å². The summed E-state index contributed by atoms with van der Waals surface area (Å²) in [7, 11) is 3.42. The van der Waals surface area contributed by atoms with Crippen molar-refractivity contribution in [1.82, 2.24) is 24.3 Å². The Bertz CT molecular complexity index is 1640. The lowest BCUT2D eigenvalue weighted by Gasteiger charge is -2.51. The van der Waals surface area contributed by atoms with Crippen LogP contribution in [-0.4, -0.2) is 57.9 Å². The van der Waals surface area contributed by atoms with E-state index in [-0.39, 0.29) is 23.7 Å². The summed E-state index contributed by atoms with van der Waals surface area (Å²) >= 11 is 0. The lowest BCUT2D eigenvalue weighted by Crippen LogP contribution is -2.57. The van der Waals surface area contributed by atoms with Crippen molar-refractivity contribution in [1.29, 1.82) is 0 Å². The van der Waals surface area contributed by atoms with E-state index in [1.807, 2.05) is 30.8 Å². The monoisotopic (exact) mass is 600 g/mol. The van der Waals surface area contributed by atoms with Gasteiger partial charge in [-0.1, -0.05) is 24.6 Å². The predicted molar refractivity (Wildman–Crippen MR) is 172 cm³/mol. The first-order chi connectivity index (χ1) is 21.2. The Kier molecular flexibility index (Phi) is 8.42. The number of piperidine rings is 1. The highest BCUT2D eigenvalue weighted by Gasteiger charge is 2.53. The number of nitrogen functional groups attached to an aromatic ring is 1. The van der Waals surface area contributed by atoms with Crippen LogP contribution in [0.2, 0.25) is 0 Å². The molecule has 1 saturated carbocycles. The van der Waals surface area contributed by atoms with Gasteiger partial charge in [-0.15, -0.1) is 0 Å². The van der Waals surface area contributed by atoms with E-state index in [9.17, 15) is 4.79 Å². The Morgan fingerprint density at radius 1 is 1.14 bits per heavy atom. The van der Waals surface area contributed by atoms with Crippen LogP contribution < -0.4 is 11.1 Å². The van der Waals surface area contributed by atoms with Crippen LogP contribution in [-0.2, 0) is 23.7 Å². The first-order valence-corrected chi connectivity index (χ1v) is 15.9. The first-order valence-electron chi connectivity index (χ1n) is 15.9. The van der Waals surface area contributed by atoms with E-state index >= 15 is 4.39 Å². The molecule has 44 heavy (non-hydrogen) atoms. The average molecular weight is 601 g/mol. The molecule has 0 radical (unpaired) electrons. The highest BCUT2D eigenvalue weighted by molar-refractivity contribution is 5.88. The minimum absolute atomic E-state index is 0.0561. The van der Waals surface area contributed by atoms with E-state index in [1.54, 1.807) is 6.07 Å². The molecule has 3 heterocycles. The predicted octanol–water partition coefficient (Wildman–Crippen LogP) is 5.94. The Balaban J connectivity index is 1.29. The first kappa shape index (κ1) is 30.2. The molecule has 1 aliphatic carbocycles. The number of carbonyl (C=O) groups excluding carboxylic acids is 1. The van der Waals surface area contributed by atoms with E-state index in [4.69, 9.17) is 10.5 Å².